The Morgan fingerprint density at radius 3 is 2.79 bits per heavy atom. The Kier molecular flexibility index (Phi) is 6.11. The second-order valence-electron chi connectivity index (χ2n) is 6.48. The molecular weight excluding hydrogens is 234 g/mol. The van der Waals surface area contributed by atoms with Crippen molar-refractivity contribution in [3.8, 4) is 0 Å². The maximum atomic E-state index is 3.69. The number of nitrogens with one attached hydrogen (secondary N) is 1. The minimum absolute atomic E-state index is 0.776. The third-order valence-corrected chi connectivity index (χ3v) is 5.12. The Morgan fingerprint density at radius 1 is 1.21 bits per heavy atom. The van der Waals surface area contributed by atoms with Gasteiger partial charge < -0.3 is 10.2 Å². The maximum absolute atomic E-state index is 3.69. The molecule has 2 aliphatic rings. The van der Waals surface area contributed by atoms with Crippen LogP contribution in [0, 0.1) is 0 Å². The van der Waals surface area contributed by atoms with Crippen molar-refractivity contribution in [2.75, 3.05) is 33.2 Å². The van der Waals surface area contributed by atoms with Crippen LogP contribution in [0.25, 0.3) is 0 Å². The van der Waals surface area contributed by atoms with Crippen LogP contribution < -0.4 is 5.32 Å². The van der Waals surface area contributed by atoms with Crippen molar-refractivity contribution in [1.29, 1.82) is 0 Å². The lowest BCUT2D eigenvalue weighted by atomic mass is 10.1. The fourth-order valence-electron chi connectivity index (χ4n) is 3.89. The van der Waals surface area contributed by atoms with E-state index in [1.54, 1.807) is 0 Å². The molecule has 0 bridgehead atoms. The third kappa shape index (κ3) is 4.17. The van der Waals surface area contributed by atoms with Gasteiger partial charge in [0.05, 0.1) is 0 Å². The molecule has 0 aromatic heterocycles. The molecule has 0 amide bonds. The summed E-state index contributed by atoms with van der Waals surface area (Å²) in [4.78, 5) is 5.31. The van der Waals surface area contributed by atoms with Crippen LogP contribution in [0.15, 0.2) is 0 Å². The van der Waals surface area contributed by atoms with Crippen molar-refractivity contribution >= 4 is 0 Å². The van der Waals surface area contributed by atoms with E-state index in [4.69, 9.17) is 0 Å². The number of hydrogen-bond acceptors (Lipinski definition) is 3. The average Bonchev–Trinajstić information content (AvgIpc) is 3.04. The van der Waals surface area contributed by atoms with E-state index < -0.39 is 0 Å². The Hall–Kier alpha value is -0.120. The molecule has 19 heavy (non-hydrogen) atoms. The molecule has 3 nitrogen and oxygen atoms in total. The van der Waals surface area contributed by atoms with Crippen molar-refractivity contribution in [3.63, 3.8) is 0 Å². The molecule has 3 atom stereocenters. The van der Waals surface area contributed by atoms with Crippen molar-refractivity contribution in [3.05, 3.63) is 0 Å². The summed E-state index contributed by atoms with van der Waals surface area (Å²) in [5.41, 5.74) is 0. The molecule has 1 heterocycles. The summed E-state index contributed by atoms with van der Waals surface area (Å²) >= 11 is 0. The van der Waals surface area contributed by atoms with Gasteiger partial charge in [0.1, 0.15) is 0 Å². The lowest BCUT2D eigenvalue weighted by Gasteiger charge is -2.31. The number of rotatable bonds is 7. The van der Waals surface area contributed by atoms with Crippen LogP contribution in [0.1, 0.15) is 52.4 Å². The van der Waals surface area contributed by atoms with Gasteiger partial charge in [-0.2, -0.15) is 0 Å². The Labute approximate surface area is 119 Å². The highest BCUT2D eigenvalue weighted by molar-refractivity contribution is 4.88. The Morgan fingerprint density at radius 2 is 2.05 bits per heavy atom. The summed E-state index contributed by atoms with van der Waals surface area (Å²) in [6, 6.07) is 2.41. The number of likely N-dealkylation sites (tertiary alicyclic amines) is 1. The highest BCUT2D eigenvalue weighted by Crippen LogP contribution is 2.25. The molecule has 112 valence electrons. The molecule has 1 N–H and O–H groups in total. The van der Waals surface area contributed by atoms with E-state index in [0.29, 0.717) is 0 Å². The van der Waals surface area contributed by atoms with Crippen LogP contribution in [0.4, 0.5) is 0 Å². The zero-order valence-electron chi connectivity index (χ0n) is 13.2. The van der Waals surface area contributed by atoms with Crippen LogP contribution in [-0.2, 0) is 0 Å². The number of hydrogen-bond donors (Lipinski definition) is 1. The number of nitrogens with zero attached hydrogens (tertiary/aromatic N) is 2. The topological polar surface area (TPSA) is 18.5 Å². The fourth-order valence-corrected chi connectivity index (χ4v) is 3.89. The molecule has 1 aliphatic carbocycles. The van der Waals surface area contributed by atoms with Gasteiger partial charge in [0.2, 0.25) is 0 Å². The van der Waals surface area contributed by atoms with Crippen LogP contribution in [0.3, 0.4) is 0 Å². The van der Waals surface area contributed by atoms with Crippen molar-refractivity contribution in [2.45, 2.75) is 70.5 Å². The third-order valence-electron chi connectivity index (χ3n) is 5.12. The lowest BCUT2D eigenvalue weighted by molar-refractivity contribution is 0.163. The first kappa shape index (κ1) is 15.3. The molecule has 0 spiro atoms. The monoisotopic (exact) mass is 267 g/mol. The quantitative estimate of drug-likeness (QED) is 0.764. The highest BCUT2D eigenvalue weighted by atomic mass is 15.2. The second-order valence-corrected chi connectivity index (χ2v) is 6.48. The first-order chi connectivity index (χ1) is 9.24. The van der Waals surface area contributed by atoms with Crippen LogP contribution in [-0.4, -0.2) is 61.2 Å². The zero-order valence-corrected chi connectivity index (χ0v) is 13.2. The van der Waals surface area contributed by atoms with Gasteiger partial charge in [0.15, 0.2) is 0 Å². The SMILES string of the molecule is CCCNC1CCC(N(C)CC2CCCN2CC)C1. The van der Waals surface area contributed by atoms with Gasteiger partial charge >= 0.3 is 0 Å². The van der Waals surface area contributed by atoms with Crippen LogP contribution in [0.5, 0.6) is 0 Å². The zero-order chi connectivity index (χ0) is 13.7. The van der Waals surface area contributed by atoms with Gasteiger partial charge in [-0.25, -0.2) is 0 Å². The first-order valence-electron chi connectivity index (χ1n) is 8.42. The van der Waals surface area contributed by atoms with E-state index >= 15 is 0 Å². The van der Waals surface area contributed by atoms with Gasteiger partial charge in [-0.3, -0.25) is 4.90 Å². The second kappa shape index (κ2) is 7.61. The van der Waals surface area contributed by atoms with Gasteiger partial charge in [-0.1, -0.05) is 13.8 Å². The molecule has 1 saturated heterocycles. The smallest absolute Gasteiger partial charge is 0.0223 e. The van der Waals surface area contributed by atoms with Gasteiger partial charge in [-0.15, -0.1) is 0 Å². The van der Waals surface area contributed by atoms with E-state index in [1.807, 2.05) is 0 Å². The van der Waals surface area contributed by atoms with Crippen molar-refractivity contribution < 1.29 is 0 Å². The van der Waals surface area contributed by atoms with Gasteiger partial charge in [0.25, 0.3) is 0 Å². The predicted molar refractivity (Wildman–Crippen MR) is 82.6 cm³/mol. The Bertz CT molecular complexity index is 256. The van der Waals surface area contributed by atoms with E-state index in [2.05, 4.69) is 36.0 Å². The predicted octanol–water partition coefficient (Wildman–Crippen LogP) is 2.32. The minimum atomic E-state index is 0.776. The maximum Gasteiger partial charge on any atom is 0.0223 e. The summed E-state index contributed by atoms with van der Waals surface area (Å²) < 4.78 is 0. The number of likely N-dealkylation sites (N-methyl/N-ethyl adjacent to an activating group) is 2. The summed E-state index contributed by atoms with van der Waals surface area (Å²) in [6.45, 7) is 9.57. The molecule has 0 aromatic carbocycles. The molecule has 2 fully saturated rings. The average molecular weight is 267 g/mol. The molecule has 3 heteroatoms. The van der Waals surface area contributed by atoms with Crippen molar-refractivity contribution in [1.82, 2.24) is 15.1 Å². The fraction of sp³-hybridized carbons (Fsp3) is 1.00. The molecule has 1 saturated carbocycles. The molecule has 2 rings (SSSR count). The molecule has 1 aliphatic heterocycles. The van der Waals surface area contributed by atoms with Crippen LogP contribution >= 0.6 is 0 Å². The highest BCUT2D eigenvalue weighted by Gasteiger charge is 2.30. The van der Waals surface area contributed by atoms with E-state index in [1.165, 1.54) is 64.7 Å². The molecule has 0 aromatic rings. The molecule has 0 radical (unpaired) electrons. The van der Waals surface area contributed by atoms with Crippen LogP contribution in [0.2, 0.25) is 0 Å². The summed E-state index contributed by atoms with van der Waals surface area (Å²) in [5, 5.41) is 3.69. The summed E-state index contributed by atoms with van der Waals surface area (Å²) in [7, 11) is 2.35. The normalized spacial score (nSPS) is 32.5. The largest absolute Gasteiger partial charge is 0.314 e. The van der Waals surface area contributed by atoms with Gasteiger partial charge in [-0.05, 0) is 65.2 Å². The molecular formula is C16H33N3. The van der Waals surface area contributed by atoms with E-state index in [0.717, 1.165) is 18.1 Å². The molecule has 3 unspecified atom stereocenters. The minimum Gasteiger partial charge on any atom is -0.314 e. The lowest BCUT2D eigenvalue weighted by Crippen LogP contribution is -2.42. The van der Waals surface area contributed by atoms with Gasteiger partial charge in [0, 0.05) is 24.7 Å². The van der Waals surface area contributed by atoms with Crippen molar-refractivity contribution in [2.24, 2.45) is 0 Å². The van der Waals surface area contributed by atoms with E-state index in [-0.39, 0.29) is 0 Å². The van der Waals surface area contributed by atoms with E-state index in [9.17, 15) is 0 Å². The summed E-state index contributed by atoms with van der Waals surface area (Å²) in [6.07, 6.45) is 8.17. The summed E-state index contributed by atoms with van der Waals surface area (Å²) in [5.74, 6) is 0. The first-order valence-corrected chi connectivity index (χ1v) is 8.42. The standard InChI is InChI=1S/C16H33N3/c1-4-10-17-14-8-9-15(12-14)18(3)13-16-7-6-11-19(16)5-2/h14-17H,4-13H2,1-3H3. The Balaban J connectivity index is 1.73.